The van der Waals surface area contributed by atoms with Gasteiger partial charge in [-0.3, -0.25) is 4.79 Å². The monoisotopic (exact) mass is 408 g/mol. The first kappa shape index (κ1) is 20.4. The van der Waals surface area contributed by atoms with Gasteiger partial charge in [-0.1, -0.05) is 6.07 Å². The average molecular weight is 408 g/mol. The molecule has 0 atom stereocenters. The fourth-order valence-electron chi connectivity index (χ4n) is 2.82. The molecule has 0 unspecified atom stereocenters. The minimum absolute atomic E-state index is 0.0297. The van der Waals surface area contributed by atoms with Gasteiger partial charge in [-0.15, -0.1) is 5.10 Å². The van der Waals surface area contributed by atoms with Gasteiger partial charge >= 0.3 is 6.18 Å². The Labute approximate surface area is 163 Å². The zero-order valence-electron chi connectivity index (χ0n) is 15.7. The maximum absolute atomic E-state index is 12.7. The molecule has 0 fully saturated rings. The lowest BCUT2D eigenvalue weighted by Crippen LogP contribution is -2.30. The summed E-state index contributed by atoms with van der Waals surface area (Å²) in [6.07, 6.45) is -4.38. The second kappa shape index (κ2) is 7.94. The Hall–Kier alpha value is -3.37. The zero-order chi connectivity index (χ0) is 21.2. The summed E-state index contributed by atoms with van der Waals surface area (Å²) in [4.78, 5) is 20.5. The number of alkyl halides is 3. The van der Waals surface area contributed by atoms with E-state index in [0.29, 0.717) is 22.7 Å². The highest BCUT2D eigenvalue weighted by molar-refractivity contribution is 5.79. The second-order valence-electron chi connectivity index (χ2n) is 6.34. The average Bonchev–Trinajstić information content (AvgIpc) is 3.02. The second-order valence-corrected chi connectivity index (χ2v) is 6.34. The lowest BCUT2D eigenvalue weighted by molar-refractivity contribution is -0.137. The molecule has 0 bridgehead atoms. The van der Waals surface area contributed by atoms with Gasteiger partial charge in [-0.25, -0.2) is 4.98 Å². The van der Waals surface area contributed by atoms with Crippen LogP contribution in [0.4, 0.5) is 19.1 Å². The molecular weight excluding hydrogens is 389 g/mol. The van der Waals surface area contributed by atoms with Crippen LogP contribution >= 0.6 is 0 Å². The summed E-state index contributed by atoms with van der Waals surface area (Å²) in [5, 5.41) is 6.71. The van der Waals surface area contributed by atoms with E-state index in [1.165, 1.54) is 16.6 Å². The van der Waals surface area contributed by atoms with E-state index in [4.69, 9.17) is 10.5 Å². The van der Waals surface area contributed by atoms with E-state index < -0.39 is 11.7 Å². The summed E-state index contributed by atoms with van der Waals surface area (Å²) >= 11 is 0. The van der Waals surface area contributed by atoms with Crippen LogP contribution in [-0.4, -0.2) is 38.6 Å². The molecule has 29 heavy (non-hydrogen) atoms. The molecule has 0 saturated carbocycles. The van der Waals surface area contributed by atoms with Crippen molar-refractivity contribution in [2.24, 2.45) is 0 Å². The van der Waals surface area contributed by atoms with E-state index >= 15 is 0 Å². The molecule has 0 spiro atoms. The van der Waals surface area contributed by atoms with Crippen LogP contribution in [0.1, 0.15) is 22.5 Å². The van der Waals surface area contributed by atoms with E-state index in [1.54, 1.807) is 13.8 Å². The SMILES string of the molecule is Cc1nc2nc(N)nn2c(C)c1CC(=O)NCCOc1cccc(C(F)(F)F)c1. The number of hydrogen-bond acceptors (Lipinski definition) is 6. The lowest BCUT2D eigenvalue weighted by Gasteiger charge is -2.12. The van der Waals surface area contributed by atoms with Crippen molar-refractivity contribution >= 4 is 17.6 Å². The quantitative estimate of drug-likeness (QED) is 0.605. The number of aromatic nitrogens is 4. The van der Waals surface area contributed by atoms with Crippen molar-refractivity contribution in [3.8, 4) is 5.75 Å². The Morgan fingerprint density at radius 3 is 2.76 bits per heavy atom. The van der Waals surface area contributed by atoms with Gasteiger partial charge in [0.25, 0.3) is 5.78 Å². The van der Waals surface area contributed by atoms with Crippen molar-refractivity contribution in [3.05, 3.63) is 46.8 Å². The molecule has 0 aliphatic heterocycles. The van der Waals surface area contributed by atoms with Crippen LogP contribution in [0.15, 0.2) is 24.3 Å². The van der Waals surface area contributed by atoms with Crippen LogP contribution in [0.25, 0.3) is 5.78 Å². The molecule has 1 amide bonds. The first-order valence-electron chi connectivity index (χ1n) is 8.70. The molecule has 3 N–H and O–H groups in total. The summed E-state index contributed by atoms with van der Waals surface area (Å²) in [6.45, 7) is 3.72. The molecule has 0 radical (unpaired) electrons. The lowest BCUT2D eigenvalue weighted by atomic mass is 10.1. The summed E-state index contributed by atoms with van der Waals surface area (Å²) in [5.74, 6) is 0.252. The zero-order valence-corrected chi connectivity index (χ0v) is 15.7. The highest BCUT2D eigenvalue weighted by Gasteiger charge is 2.30. The smallest absolute Gasteiger partial charge is 0.416 e. The number of nitrogen functional groups attached to an aromatic ring is 1. The predicted octanol–water partition coefficient (Wildman–Crippen LogP) is 2.08. The molecule has 11 heteroatoms. The molecule has 2 aromatic heterocycles. The van der Waals surface area contributed by atoms with Crippen molar-refractivity contribution in [2.45, 2.75) is 26.4 Å². The molecule has 0 saturated heterocycles. The van der Waals surface area contributed by atoms with Crippen LogP contribution in [0, 0.1) is 13.8 Å². The highest BCUT2D eigenvalue weighted by Crippen LogP contribution is 2.31. The van der Waals surface area contributed by atoms with Gasteiger partial charge in [-0.2, -0.15) is 22.7 Å². The number of hydrogen-bond donors (Lipinski definition) is 2. The Morgan fingerprint density at radius 1 is 1.28 bits per heavy atom. The predicted molar refractivity (Wildman–Crippen MR) is 98.3 cm³/mol. The number of nitrogens with one attached hydrogen (secondary N) is 1. The molecule has 154 valence electrons. The summed E-state index contributed by atoms with van der Waals surface area (Å²) in [6, 6.07) is 4.57. The third-order valence-corrected chi connectivity index (χ3v) is 4.26. The maximum atomic E-state index is 12.7. The number of anilines is 1. The number of rotatable bonds is 6. The van der Waals surface area contributed by atoms with Gasteiger partial charge in [0.05, 0.1) is 18.5 Å². The highest BCUT2D eigenvalue weighted by atomic mass is 19.4. The third kappa shape index (κ3) is 4.73. The van der Waals surface area contributed by atoms with Crippen molar-refractivity contribution in [1.82, 2.24) is 24.9 Å². The van der Waals surface area contributed by atoms with Gasteiger partial charge in [0.1, 0.15) is 12.4 Å². The van der Waals surface area contributed by atoms with E-state index in [-0.39, 0.29) is 37.2 Å². The largest absolute Gasteiger partial charge is 0.492 e. The number of halogens is 3. The Balaban J connectivity index is 1.55. The molecule has 8 nitrogen and oxygen atoms in total. The third-order valence-electron chi connectivity index (χ3n) is 4.26. The van der Waals surface area contributed by atoms with E-state index in [9.17, 15) is 18.0 Å². The molecule has 0 aliphatic rings. The maximum Gasteiger partial charge on any atom is 0.416 e. The first-order valence-corrected chi connectivity index (χ1v) is 8.70. The van der Waals surface area contributed by atoms with Crippen LogP contribution < -0.4 is 15.8 Å². The number of carbonyl (C=O) groups is 1. The molecule has 1 aromatic carbocycles. The Kier molecular flexibility index (Phi) is 5.57. The fraction of sp³-hybridized carbons (Fsp3) is 0.333. The number of fused-ring (bicyclic) bond motifs is 1. The van der Waals surface area contributed by atoms with Gasteiger partial charge in [0, 0.05) is 17.0 Å². The van der Waals surface area contributed by atoms with Crippen molar-refractivity contribution < 1.29 is 22.7 Å². The number of nitrogens with two attached hydrogens (primary N) is 1. The summed E-state index contributed by atoms with van der Waals surface area (Å²) in [5.41, 5.74) is 6.83. The minimum atomic E-state index is -4.44. The van der Waals surface area contributed by atoms with E-state index in [2.05, 4.69) is 20.4 Å². The molecule has 2 heterocycles. The standard InChI is InChI=1S/C18H19F3N6O2/c1-10-14(11(2)27-17(24-10)25-16(22)26-27)9-15(28)23-6-7-29-13-5-3-4-12(8-13)18(19,20)21/h3-5,8H,6-7,9H2,1-2H3,(H2,22,26)(H,23,28). The first-order chi connectivity index (χ1) is 13.6. The van der Waals surface area contributed by atoms with Gasteiger partial charge in [-0.05, 0) is 32.0 Å². The molecule has 3 aromatic rings. The number of benzene rings is 1. The van der Waals surface area contributed by atoms with Gasteiger partial charge in [0.2, 0.25) is 11.9 Å². The number of carbonyl (C=O) groups excluding carboxylic acids is 1. The normalized spacial score (nSPS) is 11.6. The van der Waals surface area contributed by atoms with E-state index in [0.717, 1.165) is 12.1 Å². The van der Waals surface area contributed by atoms with Gasteiger partial charge < -0.3 is 15.8 Å². The van der Waals surface area contributed by atoms with E-state index in [1.807, 2.05) is 0 Å². The number of amides is 1. The van der Waals surface area contributed by atoms with Crippen LogP contribution in [-0.2, 0) is 17.4 Å². The number of ether oxygens (including phenoxy) is 1. The Bertz CT molecular complexity index is 1050. The minimum Gasteiger partial charge on any atom is -0.492 e. The fourth-order valence-corrected chi connectivity index (χ4v) is 2.82. The Morgan fingerprint density at radius 2 is 2.03 bits per heavy atom. The van der Waals surface area contributed by atoms with Crippen LogP contribution in [0.5, 0.6) is 5.75 Å². The number of nitrogens with zero attached hydrogens (tertiary/aromatic N) is 4. The van der Waals surface area contributed by atoms with Crippen molar-refractivity contribution in [2.75, 3.05) is 18.9 Å². The number of aryl methyl sites for hydroxylation is 2. The molecule has 0 aliphatic carbocycles. The van der Waals surface area contributed by atoms with Gasteiger partial charge in [0.15, 0.2) is 0 Å². The van der Waals surface area contributed by atoms with Crippen molar-refractivity contribution in [3.63, 3.8) is 0 Å². The van der Waals surface area contributed by atoms with Crippen molar-refractivity contribution in [1.29, 1.82) is 0 Å². The van der Waals surface area contributed by atoms with Crippen LogP contribution in [0.3, 0.4) is 0 Å². The topological polar surface area (TPSA) is 107 Å². The molecular formula is C18H19F3N6O2. The van der Waals surface area contributed by atoms with Crippen LogP contribution in [0.2, 0.25) is 0 Å². The summed E-state index contributed by atoms with van der Waals surface area (Å²) in [7, 11) is 0. The summed E-state index contributed by atoms with van der Waals surface area (Å²) < 4.78 is 44.9. The molecule has 3 rings (SSSR count).